The number of benzene rings is 1. The number of nitrogens with one attached hydrogen (secondary N) is 1. The fourth-order valence-electron chi connectivity index (χ4n) is 1.59. The highest BCUT2D eigenvalue weighted by molar-refractivity contribution is 5.55. The summed E-state index contributed by atoms with van der Waals surface area (Å²) in [5.74, 6) is 1.57. The molecule has 94 valence electrons. The molecule has 2 N–H and O–H groups in total. The van der Waals surface area contributed by atoms with Crippen LogP contribution in [0.15, 0.2) is 18.2 Å². The van der Waals surface area contributed by atoms with E-state index in [0.717, 1.165) is 17.2 Å². The largest absolute Gasteiger partial charge is 0.486 e. The molecule has 0 amide bonds. The maximum absolute atomic E-state index is 8.54. The van der Waals surface area contributed by atoms with Crippen LogP contribution in [0, 0.1) is 0 Å². The van der Waals surface area contributed by atoms with Gasteiger partial charge in [-0.15, -0.1) is 0 Å². The number of aliphatic hydroxyl groups is 1. The number of hydrogen-bond donors (Lipinski definition) is 2. The topological polar surface area (TPSA) is 60.0 Å². The third-order valence-corrected chi connectivity index (χ3v) is 2.35. The van der Waals surface area contributed by atoms with Gasteiger partial charge in [-0.3, -0.25) is 0 Å². The van der Waals surface area contributed by atoms with Gasteiger partial charge in [0.05, 0.1) is 19.8 Å². The molecule has 1 aliphatic heterocycles. The molecule has 5 nitrogen and oxygen atoms in total. The van der Waals surface area contributed by atoms with Crippen LogP contribution in [0.1, 0.15) is 0 Å². The lowest BCUT2D eigenvalue weighted by Gasteiger charge is -2.19. The van der Waals surface area contributed by atoms with Crippen LogP contribution in [-0.4, -0.2) is 44.7 Å². The van der Waals surface area contributed by atoms with Crippen LogP contribution in [0.2, 0.25) is 0 Å². The fraction of sp³-hybridized carbons (Fsp3) is 0.500. The molecule has 1 aromatic carbocycles. The molecule has 1 aliphatic rings. The summed E-state index contributed by atoms with van der Waals surface area (Å²) in [5, 5.41) is 11.8. The van der Waals surface area contributed by atoms with E-state index in [1.54, 1.807) is 0 Å². The van der Waals surface area contributed by atoms with Crippen LogP contribution in [0.3, 0.4) is 0 Å². The summed E-state index contributed by atoms with van der Waals surface area (Å²) in [6.07, 6.45) is 0. The number of ether oxygens (including phenoxy) is 3. The van der Waals surface area contributed by atoms with Crippen LogP contribution in [-0.2, 0) is 4.74 Å². The van der Waals surface area contributed by atoms with Gasteiger partial charge < -0.3 is 24.6 Å². The van der Waals surface area contributed by atoms with Crippen molar-refractivity contribution in [3.05, 3.63) is 18.2 Å². The monoisotopic (exact) mass is 239 g/mol. The first-order valence-corrected chi connectivity index (χ1v) is 5.72. The zero-order chi connectivity index (χ0) is 11.9. The summed E-state index contributed by atoms with van der Waals surface area (Å²) in [6, 6.07) is 5.76. The molecule has 0 saturated carbocycles. The van der Waals surface area contributed by atoms with Gasteiger partial charge in [0.15, 0.2) is 11.5 Å². The second-order valence-corrected chi connectivity index (χ2v) is 3.62. The van der Waals surface area contributed by atoms with Crippen molar-refractivity contribution in [1.29, 1.82) is 0 Å². The predicted octanol–water partition coefficient (Wildman–Crippen LogP) is 0.879. The van der Waals surface area contributed by atoms with Crippen molar-refractivity contribution in [2.45, 2.75) is 0 Å². The van der Waals surface area contributed by atoms with E-state index in [4.69, 9.17) is 19.3 Å². The summed E-state index contributed by atoms with van der Waals surface area (Å²) in [5.41, 5.74) is 0.974. The standard InChI is InChI=1S/C12H17NO4/c14-4-6-15-5-3-13-10-1-2-11-12(9-10)17-8-7-16-11/h1-2,9,13-14H,3-8H2. The fourth-order valence-corrected chi connectivity index (χ4v) is 1.59. The molecular formula is C12H17NO4. The average molecular weight is 239 g/mol. The lowest BCUT2D eigenvalue weighted by atomic mass is 10.2. The quantitative estimate of drug-likeness (QED) is 0.722. The van der Waals surface area contributed by atoms with Crippen molar-refractivity contribution in [3.8, 4) is 11.5 Å². The average Bonchev–Trinajstić information content (AvgIpc) is 2.38. The van der Waals surface area contributed by atoms with E-state index in [9.17, 15) is 0 Å². The molecular weight excluding hydrogens is 222 g/mol. The zero-order valence-electron chi connectivity index (χ0n) is 9.65. The molecule has 0 fully saturated rings. The third-order valence-electron chi connectivity index (χ3n) is 2.35. The van der Waals surface area contributed by atoms with Gasteiger partial charge >= 0.3 is 0 Å². The molecule has 0 radical (unpaired) electrons. The summed E-state index contributed by atoms with van der Waals surface area (Å²) in [6.45, 7) is 2.90. The van der Waals surface area contributed by atoms with Gasteiger partial charge in [0.1, 0.15) is 13.2 Å². The normalized spacial score (nSPS) is 13.5. The van der Waals surface area contributed by atoms with E-state index >= 15 is 0 Å². The van der Waals surface area contributed by atoms with Crippen LogP contribution in [0.5, 0.6) is 11.5 Å². The van der Waals surface area contributed by atoms with E-state index in [-0.39, 0.29) is 6.61 Å². The Hall–Kier alpha value is -1.46. The smallest absolute Gasteiger partial charge is 0.163 e. The van der Waals surface area contributed by atoms with Gasteiger partial charge in [0.25, 0.3) is 0 Å². The lowest BCUT2D eigenvalue weighted by molar-refractivity contribution is 0.0992. The molecule has 0 spiro atoms. The summed E-state index contributed by atoms with van der Waals surface area (Å²) >= 11 is 0. The first-order valence-electron chi connectivity index (χ1n) is 5.72. The van der Waals surface area contributed by atoms with Gasteiger partial charge in [0, 0.05) is 18.3 Å². The minimum absolute atomic E-state index is 0.0595. The van der Waals surface area contributed by atoms with Crippen molar-refractivity contribution in [3.63, 3.8) is 0 Å². The van der Waals surface area contributed by atoms with Gasteiger partial charge in [-0.2, -0.15) is 0 Å². The van der Waals surface area contributed by atoms with Crippen molar-refractivity contribution >= 4 is 5.69 Å². The first kappa shape index (κ1) is 12.0. The van der Waals surface area contributed by atoms with Crippen LogP contribution >= 0.6 is 0 Å². The van der Waals surface area contributed by atoms with Crippen LogP contribution in [0.25, 0.3) is 0 Å². The van der Waals surface area contributed by atoms with Crippen LogP contribution in [0.4, 0.5) is 5.69 Å². The van der Waals surface area contributed by atoms with E-state index in [1.165, 1.54) is 0 Å². The maximum atomic E-state index is 8.54. The molecule has 0 atom stereocenters. The Morgan fingerprint density at radius 2 is 2.00 bits per heavy atom. The van der Waals surface area contributed by atoms with Crippen molar-refractivity contribution in [1.82, 2.24) is 0 Å². The van der Waals surface area contributed by atoms with Gasteiger partial charge in [-0.05, 0) is 12.1 Å². The number of hydrogen-bond acceptors (Lipinski definition) is 5. The molecule has 1 aromatic rings. The Morgan fingerprint density at radius 1 is 1.18 bits per heavy atom. The highest BCUT2D eigenvalue weighted by Gasteiger charge is 2.11. The van der Waals surface area contributed by atoms with Crippen molar-refractivity contribution in [2.24, 2.45) is 0 Å². The molecule has 0 saturated heterocycles. The summed E-state index contributed by atoms with van der Waals surface area (Å²) in [7, 11) is 0. The highest BCUT2D eigenvalue weighted by atomic mass is 16.6. The zero-order valence-corrected chi connectivity index (χ0v) is 9.65. The Bertz CT molecular complexity index is 356. The molecule has 5 heteroatoms. The number of anilines is 1. The summed E-state index contributed by atoms with van der Waals surface area (Å²) < 4.78 is 16.1. The van der Waals surface area contributed by atoms with Crippen molar-refractivity contribution < 1.29 is 19.3 Å². The third kappa shape index (κ3) is 3.51. The lowest BCUT2D eigenvalue weighted by Crippen LogP contribution is -2.16. The summed E-state index contributed by atoms with van der Waals surface area (Å²) in [4.78, 5) is 0. The van der Waals surface area contributed by atoms with Gasteiger partial charge in [0.2, 0.25) is 0 Å². The Kier molecular flexibility index (Phi) is 4.46. The van der Waals surface area contributed by atoms with E-state index in [0.29, 0.717) is 33.0 Å². The number of fused-ring (bicyclic) bond motifs is 1. The minimum atomic E-state index is 0.0595. The highest BCUT2D eigenvalue weighted by Crippen LogP contribution is 2.32. The molecule has 17 heavy (non-hydrogen) atoms. The minimum Gasteiger partial charge on any atom is -0.486 e. The second-order valence-electron chi connectivity index (χ2n) is 3.62. The van der Waals surface area contributed by atoms with Crippen molar-refractivity contribution in [2.75, 3.05) is 44.9 Å². The van der Waals surface area contributed by atoms with E-state index < -0.39 is 0 Å². The van der Waals surface area contributed by atoms with Gasteiger partial charge in [-0.25, -0.2) is 0 Å². The molecule has 1 heterocycles. The maximum Gasteiger partial charge on any atom is 0.163 e. The SMILES string of the molecule is OCCOCCNc1ccc2c(c1)OCCO2. The Balaban J connectivity index is 1.81. The Morgan fingerprint density at radius 3 is 2.82 bits per heavy atom. The number of rotatable bonds is 6. The first-order chi connectivity index (χ1) is 8.40. The Labute approximate surface area is 100 Å². The molecule has 0 bridgehead atoms. The molecule has 0 aliphatic carbocycles. The van der Waals surface area contributed by atoms with Gasteiger partial charge in [-0.1, -0.05) is 0 Å². The van der Waals surface area contributed by atoms with E-state index in [1.807, 2.05) is 18.2 Å². The molecule has 0 aromatic heterocycles. The molecule has 0 unspecified atom stereocenters. The van der Waals surface area contributed by atoms with E-state index in [2.05, 4.69) is 5.32 Å². The number of aliphatic hydroxyl groups excluding tert-OH is 1. The predicted molar refractivity (Wildman–Crippen MR) is 63.8 cm³/mol. The second kappa shape index (κ2) is 6.32. The van der Waals surface area contributed by atoms with Crippen LogP contribution < -0.4 is 14.8 Å². The molecule has 2 rings (SSSR count).